The summed E-state index contributed by atoms with van der Waals surface area (Å²) in [5.74, 6) is -0.910. The van der Waals surface area contributed by atoms with Crippen molar-refractivity contribution in [1.82, 2.24) is 0 Å². The third-order valence-electron chi connectivity index (χ3n) is 9.51. The van der Waals surface area contributed by atoms with Crippen LogP contribution in [0.3, 0.4) is 0 Å². The van der Waals surface area contributed by atoms with Gasteiger partial charge in [0, 0.05) is 12.8 Å². The number of likely N-dealkylation sites (N-methyl/N-ethyl adjacent to an activating group) is 1. The van der Waals surface area contributed by atoms with Crippen LogP contribution in [0.4, 0.5) is 0 Å². The van der Waals surface area contributed by atoms with Crippen molar-refractivity contribution < 1.29 is 47.2 Å². The molecule has 0 bridgehead atoms. The van der Waals surface area contributed by atoms with Crippen LogP contribution >= 0.6 is 7.82 Å². The normalized spacial score (nSPS) is 14.9. The van der Waals surface area contributed by atoms with Crippen molar-refractivity contribution >= 4 is 19.8 Å². The minimum Gasteiger partial charge on any atom is -0.462 e. The Morgan fingerprint density at radius 3 is 1.61 bits per heavy atom. The van der Waals surface area contributed by atoms with Crippen molar-refractivity contribution in [3.63, 3.8) is 0 Å². The van der Waals surface area contributed by atoms with Crippen molar-refractivity contribution in [3.05, 3.63) is 97.2 Å². The standard InChI is InChI=1S/C51H86NO9P/c1-6-8-9-10-11-12-13-14-15-16-17-18-19-20-25-28-31-34-37-40-43-51(55)61-49(47-60-62(56,57)59-45-44-52(3,4)5)46-58-50(54)42-39-36-33-30-27-24-22-21-23-26-29-32-35-38-41-48(53)7-2/h12-13,15-16,18-19,22-24,26,30,32-33,35,38,41,48-49,53H,6-11,14,17,20-21,25,27-29,31,34,36-37,39-40,42-47H2,1-5H3/p+1/b13-12-,16-15-,19-18-,24-22-,26-23-,33-30-,35-32-,41-38+/t48-,49+/m0/s1. The van der Waals surface area contributed by atoms with Crippen molar-refractivity contribution in [2.24, 2.45) is 0 Å². The summed E-state index contributed by atoms with van der Waals surface area (Å²) in [5, 5.41) is 9.49. The maximum absolute atomic E-state index is 12.7. The molecule has 11 heteroatoms. The second kappa shape index (κ2) is 41.9. The number of rotatable bonds is 41. The summed E-state index contributed by atoms with van der Waals surface area (Å²) in [6, 6.07) is 0. The molecule has 0 saturated heterocycles. The number of aliphatic hydroxyl groups excluding tert-OH is 1. The van der Waals surface area contributed by atoms with Gasteiger partial charge < -0.3 is 24.0 Å². The number of hydrogen-bond acceptors (Lipinski definition) is 8. The van der Waals surface area contributed by atoms with Crippen LogP contribution < -0.4 is 0 Å². The molecule has 354 valence electrons. The van der Waals surface area contributed by atoms with Crippen LogP contribution in [0.5, 0.6) is 0 Å². The number of hydrogen-bond donors (Lipinski definition) is 2. The lowest BCUT2D eigenvalue weighted by molar-refractivity contribution is -0.870. The van der Waals surface area contributed by atoms with E-state index in [2.05, 4.69) is 73.8 Å². The summed E-state index contributed by atoms with van der Waals surface area (Å²) in [6.07, 6.45) is 52.7. The lowest BCUT2D eigenvalue weighted by Gasteiger charge is -2.24. The highest BCUT2D eigenvalue weighted by molar-refractivity contribution is 7.47. The molecule has 0 fully saturated rings. The Morgan fingerprint density at radius 1 is 0.581 bits per heavy atom. The van der Waals surface area contributed by atoms with Crippen LogP contribution in [0, 0.1) is 0 Å². The van der Waals surface area contributed by atoms with E-state index in [-0.39, 0.29) is 32.2 Å². The third kappa shape index (κ3) is 44.9. The van der Waals surface area contributed by atoms with Gasteiger partial charge in [-0.1, -0.05) is 156 Å². The van der Waals surface area contributed by atoms with Gasteiger partial charge in [0.2, 0.25) is 0 Å². The van der Waals surface area contributed by atoms with Gasteiger partial charge in [0.1, 0.15) is 19.8 Å². The first-order valence-electron chi connectivity index (χ1n) is 23.6. The lowest BCUT2D eigenvalue weighted by atomic mass is 10.1. The maximum Gasteiger partial charge on any atom is 0.472 e. The highest BCUT2D eigenvalue weighted by atomic mass is 31.2. The number of phosphoric acid groups is 1. The van der Waals surface area contributed by atoms with Crippen molar-refractivity contribution in [1.29, 1.82) is 0 Å². The molecule has 0 aromatic rings. The number of carbonyl (C=O) groups excluding carboxylic acids is 2. The Balaban J connectivity index is 4.47. The quantitative estimate of drug-likeness (QED) is 0.0154. The summed E-state index contributed by atoms with van der Waals surface area (Å²) in [6.45, 7) is 3.96. The number of aliphatic hydroxyl groups is 1. The van der Waals surface area contributed by atoms with Gasteiger partial charge >= 0.3 is 19.8 Å². The predicted octanol–water partition coefficient (Wildman–Crippen LogP) is 12.7. The Bertz CT molecular complexity index is 1390. The van der Waals surface area contributed by atoms with Crippen LogP contribution in [-0.4, -0.2) is 86.1 Å². The van der Waals surface area contributed by atoms with E-state index in [0.717, 1.165) is 70.6 Å². The lowest BCUT2D eigenvalue weighted by Crippen LogP contribution is -2.37. The molecule has 0 aliphatic carbocycles. The molecule has 0 rings (SSSR count). The van der Waals surface area contributed by atoms with E-state index in [1.807, 2.05) is 52.4 Å². The molecule has 0 aliphatic rings. The summed E-state index contributed by atoms with van der Waals surface area (Å²) in [7, 11) is 1.40. The fourth-order valence-corrected chi connectivity index (χ4v) is 6.40. The zero-order chi connectivity index (χ0) is 45.8. The molecule has 0 spiro atoms. The van der Waals surface area contributed by atoms with E-state index in [9.17, 15) is 24.2 Å². The minimum absolute atomic E-state index is 0.00835. The van der Waals surface area contributed by atoms with Gasteiger partial charge in [0.25, 0.3) is 0 Å². The molecule has 0 aromatic carbocycles. The van der Waals surface area contributed by atoms with Crippen LogP contribution in [0.15, 0.2) is 97.2 Å². The molecule has 0 aromatic heterocycles. The summed E-state index contributed by atoms with van der Waals surface area (Å²) >= 11 is 0. The summed E-state index contributed by atoms with van der Waals surface area (Å²) in [5.41, 5.74) is 0. The van der Waals surface area contributed by atoms with Gasteiger partial charge in [-0.05, 0) is 83.5 Å². The topological polar surface area (TPSA) is 129 Å². The van der Waals surface area contributed by atoms with Crippen LogP contribution in [0.2, 0.25) is 0 Å². The highest BCUT2D eigenvalue weighted by Crippen LogP contribution is 2.43. The number of ether oxygens (including phenoxy) is 2. The average Bonchev–Trinajstić information content (AvgIpc) is 3.23. The molecular formula is C51H87NO9P+. The van der Waals surface area contributed by atoms with E-state index in [4.69, 9.17) is 18.5 Å². The fraction of sp³-hybridized carbons (Fsp3) is 0.647. The molecule has 0 radical (unpaired) electrons. The number of esters is 2. The van der Waals surface area contributed by atoms with Crippen LogP contribution in [0.1, 0.15) is 155 Å². The number of quaternary nitrogens is 1. The first-order chi connectivity index (χ1) is 29.9. The van der Waals surface area contributed by atoms with E-state index in [1.165, 1.54) is 32.1 Å². The summed E-state index contributed by atoms with van der Waals surface area (Å²) in [4.78, 5) is 35.4. The summed E-state index contributed by atoms with van der Waals surface area (Å²) < 4.78 is 34.3. The molecule has 1 unspecified atom stereocenters. The average molecular weight is 889 g/mol. The van der Waals surface area contributed by atoms with Gasteiger partial charge in [-0.3, -0.25) is 18.6 Å². The molecular weight excluding hydrogens is 802 g/mol. The number of phosphoric ester groups is 1. The van der Waals surface area contributed by atoms with E-state index >= 15 is 0 Å². The van der Waals surface area contributed by atoms with Crippen molar-refractivity contribution in [2.75, 3.05) is 47.5 Å². The highest BCUT2D eigenvalue weighted by Gasteiger charge is 2.27. The molecule has 0 saturated carbocycles. The van der Waals surface area contributed by atoms with E-state index in [0.29, 0.717) is 36.7 Å². The maximum atomic E-state index is 12.7. The van der Waals surface area contributed by atoms with E-state index < -0.39 is 32.5 Å². The predicted molar refractivity (Wildman–Crippen MR) is 258 cm³/mol. The zero-order valence-corrected chi connectivity index (χ0v) is 40.3. The fourth-order valence-electron chi connectivity index (χ4n) is 5.65. The van der Waals surface area contributed by atoms with E-state index in [1.54, 1.807) is 6.08 Å². The monoisotopic (exact) mass is 889 g/mol. The number of allylic oxidation sites excluding steroid dienone is 15. The van der Waals surface area contributed by atoms with Gasteiger partial charge in [0.05, 0.1) is 33.9 Å². The first kappa shape index (κ1) is 58.9. The number of carbonyl (C=O) groups is 2. The third-order valence-corrected chi connectivity index (χ3v) is 10.5. The number of nitrogens with zero attached hydrogens (tertiary/aromatic N) is 1. The molecule has 2 N–H and O–H groups in total. The Labute approximate surface area is 377 Å². The first-order valence-corrected chi connectivity index (χ1v) is 25.1. The van der Waals surface area contributed by atoms with Gasteiger partial charge in [-0.2, -0.15) is 0 Å². The van der Waals surface area contributed by atoms with Gasteiger partial charge in [-0.15, -0.1) is 0 Å². The minimum atomic E-state index is -4.41. The largest absolute Gasteiger partial charge is 0.472 e. The Morgan fingerprint density at radius 2 is 1.06 bits per heavy atom. The van der Waals surface area contributed by atoms with Crippen LogP contribution in [0.25, 0.3) is 0 Å². The molecule has 0 heterocycles. The molecule has 62 heavy (non-hydrogen) atoms. The Hall–Kier alpha value is -3.11. The number of unbranched alkanes of at least 4 members (excludes halogenated alkanes) is 11. The molecule has 0 aliphatic heterocycles. The second-order valence-corrected chi connectivity index (χ2v) is 18.1. The smallest absolute Gasteiger partial charge is 0.462 e. The Kier molecular flexibility index (Phi) is 39.8. The van der Waals surface area contributed by atoms with Crippen LogP contribution in [-0.2, 0) is 32.7 Å². The van der Waals surface area contributed by atoms with Crippen molar-refractivity contribution in [2.45, 2.75) is 167 Å². The zero-order valence-electron chi connectivity index (χ0n) is 39.4. The second-order valence-electron chi connectivity index (χ2n) is 16.6. The van der Waals surface area contributed by atoms with Gasteiger partial charge in [0.15, 0.2) is 6.10 Å². The molecule has 3 atom stereocenters. The van der Waals surface area contributed by atoms with Gasteiger partial charge in [-0.25, -0.2) is 4.57 Å². The molecule has 0 amide bonds. The molecule has 10 nitrogen and oxygen atoms in total. The van der Waals surface area contributed by atoms with Crippen molar-refractivity contribution in [3.8, 4) is 0 Å². The SMILES string of the molecule is CCCCCC/C=C\C/C=C\C/C=C\CCCCCCCCC(=O)O[C@H](COC(=O)CCC/C=C\C/C=C\C/C=C\C/C=C\C=C\[C@@H](O)CC)COP(=O)(O)OCC[N+](C)(C)C.